The van der Waals surface area contributed by atoms with Gasteiger partial charge in [0.15, 0.2) is 0 Å². The summed E-state index contributed by atoms with van der Waals surface area (Å²) in [6.07, 6.45) is 4.04. The molecule has 1 atom stereocenters. The molecule has 0 N–H and O–H groups in total. The molecule has 18 heavy (non-hydrogen) atoms. The van der Waals surface area contributed by atoms with Crippen molar-refractivity contribution in [2.24, 2.45) is 5.92 Å². The van der Waals surface area contributed by atoms with Crippen LogP contribution in [-0.4, -0.2) is 61.6 Å². The van der Waals surface area contributed by atoms with Crippen molar-refractivity contribution in [3.8, 4) is 0 Å². The highest BCUT2D eigenvalue weighted by Gasteiger charge is 2.29. The topological polar surface area (TPSA) is 32.8 Å². The minimum absolute atomic E-state index is 0.153. The number of amides is 1. The molecule has 0 spiro atoms. The van der Waals surface area contributed by atoms with Gasteiger partial charge in [-0.15, -0.1) is 0 Å². The maximum Gasteiger partial charge on any atom is 0.227 e. The van der Waals surface area contributed by atoms with Crippen molar-refractivity contribution < 1.29 is 9.53 Å². The van der Waals surface area contributed by atoms with Crippen molar-refractivity contribution in [2.45, 2.75) is 12.8 Å². The number of ether oxygens (including phenoxy) is 1. The van der Waals surface area contributed by atoms with Crippen LogP contribution in [0.5, 0.6) is 0 Å². The van der Waals surface area contributed by atoms with Crippen LogP contribution in [0.2, 0.25) is 0 Å². The molecule has 102 valence electrons. The average Bonchev–Trinajstić information content (AvgIpc) is 2.45. The monoisotopic (exact) mass is 272 g/mol. The summed E-state index contributed by atoms with van der Waals surface area (Å²) in [5, 5.41) is 0. The fourth-order valence-electron chi connectivity index (χ4n) is 2.65. The highest BCUT2D eigenvalue weighted by Crippen LogP contribution is 2.19. The van der Waals surface area contributed by atoms with E-state index in [9.17, 15) is 4.79 Å². The lowest BCUT2D eigenvalue weighted by atomic mass is 9.96. The zero-order chi connectivity index (χ0) is 12.8. The van der Waals surface area contributed by atoms with Gasteiger partial charge in [0.25, 0.3) is 0 Å². The standard InChI is InChI=1S/C13H21ClN2O2/c14-4-2-6-15-5-1-3-12(11-15)13(17)16-7-9-18-10-8-16/h2,4,12H,1,3,5-11H2/b4-2+. The van der Waals surface area contributed by atoms with Crippen LogP contribution < -0.4 is 0 Å². The molecule has 1 unspecified atom stereocenters. The second-order valence-electron chi connectivity index (χ2n) is 4.90. The molecule has 0 bridgehead atoms. The first-order valence-corrected chi connectivity index (χ1v) is 7.09. The Labute approximate surface area is 114 Å². The van der Waals surface area contributed by atoms with Gasteiger partial charge in [-0.2, -0.15) is 0 Å². The number of hydrogen-bond acceptors (Lipinski definition) is 3. The lowest BCUT2D eigenvalue weighted by molar-refractivity contribution is -0.141. The summed E-state index contributed by atoms with van der Waals surface area (Å²) in [5.74, 6) is 0.457. The molecule has 0 aromatic heterocycles. The predicted octanol–water partition coefficient (Wildman–Crippen LogP) is 1.31. The molecule has 4 nitrogen and oxygen atoms in total. The third-order valence-corrected chi connectivity index (χ3v) is 3.81. The van der Waals surface area contributed by atoms with Crippen LogP contribution in [0.3, 0.4) is 0 Å². The lowest BCUT2D eigenvalue weighted by Crippen LogP contribution is -2.48. The second kappa shape index (κ2) is 7.12. The van der Waals surface area contributed by atoms with Gasteiger partial charge in [0.2, 0.25) is 5.91 Å². The predicted molar refractivity (Wildman–Crippen MR) is 71.6 cm³/mol. The molecule has 2 fully saturated rings. The van der Waals surface area contributed by atoms with E-state index in [1.54, 1.807) is 5.54 Å². The van der Waals surface area contributed by atoms with Gasteiger partial charge in [-0.05, 0) is 19.4 Å². The number of hydrogen-bond donors (Lipinski definition) is 0. The Bertz CT molecular complexity index is 303. The zero-order valence-electron chi connectivity index (χ0n) is 10.7. The molecular formula is C13H21ClN2O2. The van der Waals surface area contributed by atoms with Gasteiger partial charge in [0.1, 0.15) is 0 Å². The van der Waals surface area contributed by atoms with Crippen molar-refractivity contribution in [1.29, 1.82) is 0 Å². The Kier molecular flexibility index (Phi) is 5.47. The van der Waals surface area contributed by atoms with Gasteiger partial charge >= 0.3 is 0 Å². The number of likely N-dealkylation sites (tertiary alicyclic amines) is 1. The van der Waals surface area contributed by atoms with Crippen LogP contribution in [-0.2, 0) is 9.53 Å². The Morgan fingerprint density at radius 2 is 2.11 bits per heavy atom. The van der Waals surface area contributed by atoms with Crippen molar-refractivity contribution in [1.82, 2.24) is 9.80 Å². The average molecular weight is 273 g/mol. The van der Waals surface area contributed by atoms with E-state index in [1.165, 1.54) is 0 Å². The summed E-state index contributed by atoms with van der Waals surface area (Å²) in [7, 11) is 0. The first-order valence-electron chi connectivity index (χ1n) is 6.65. The number of halogens is 1. The molecule has 0 aromatic rings. The number of carbonyl (C=O) groups excluding carboxylic acids is 1. The summed E-state index contributed by atoms with van der Waals surface area (Å²) >= 11 is 5.55. The molecule has 1 amide bonds. The Balaban J connectivity index is 1.85. The molecule has 0 aliphatic carbocycles. The molecule has 2 aliphatic heterocycles. The number of rotatable bonds is 3. The number of morpholine rings is 1. The van der Waals surface area contributed by atoms with E-state index in [2.05, 4.69) is 4.90 Å². The molecule has 2 aliphatic rings. The minimum atomic E-state index is 0.153. The molecular weight excluding hydrogens is 252 g/mol. The van der Waals surface area contributed by atoms with E-state index < -0.39 is 0 Å². The van der Waals surface area contributed by atoms with Gasteiger partial charge in [-0.1, -0.05) is 17.7 Å². The summed E-state index contributed by atoms with van der Waals surface area (Å²) in [4.78, 5) is 16.6. The largest absolute Gasteiger partial charge is 0.378 e. The Morgan fingerprint density at radius 1 is 1.33 bits per heavy atom. The normalized spacial score (nSPS) is 26.7. The maximum absolute atomic E-state index is 12.4. The third-order valence-electron chi connectivity index (χ3n) is 3.63. The van der Waals surface area contributed by atoms with Crippen molar-refractivity contribution in [3.05, 3.63) is 11.6 Å². The fraction of sp³-hybridized carbons (Fsp3) is 0.769. The van der Waals surface area contributed by atoms with Gasteiger partial charge in [0.05, 0.1) is 19.1 Å². The molecule has 0 saturated carbocycles. The van der Waals surface area contributed by atoms with Crippen molar-refractivity contribution >= 4 is 17.5 Å². The summed E-state index contributed by atoms with van der Waals surface area (Å²) in [5.41, 5.74) is 1.55. The zero-order valence-corrected chi connectivity index (χ0v) is 11.4. The van der Waals surface area contributed by atoms with Gasteiger partial charge in [-0.25, -0.2) is 0 Å². The fourth-order valence-corrected chi connectivity index (χ4v) is 2.73. The minimum Gasteiger partial charge on any atom is -0.378 e. The van der Waals surface area contributed by atoms with Crippen LogP contribution in [0.15, 0.2) is 11.6 Å². The van der Waals surface area contributed by atoms with E-state index in [-0.39, 0.29) is 5.92 Å². The smallest absolute Gasteiger partial charge is 0.227 e. The first-order chi connectivity index (χ1) is 8.81. The lowest BCUT2D eigenvalue weighted by Gasteiger charge is -2.35. The summed E-state index contributed by atoms with van der Waals surface area (Å²) in [6, 6.07) is 0. The van der Waals surface area contributed by atoms with Gasteiger partial charge in [-0.3, -0.25) is 9.69 Å². The Hall–Kier alpha value is -0.580. The van der Waals surface area contributed by atoms with E-state index in [0.29, 0.717) is 19.1 Å². The number of nitrogens with zero attached hydrogens (tertiary/aromatic N) is 2. The van der Waals surface area contributed by atoms with Crippen LogP contribution in [0, 0.1) is 5.92 Å². The van der Waals surface area contributed by atoms with Crippen molar-refractivity contribution in [2.75, 3.05) is 45.9 Å². The molecule has 5 heteroatoms. The molecule has 2 heterocycles. The summed E-state index contributed by atoms with van der Waals surface area (Å²) in [6.45, 7) is 5.62. The van der Waals surface area contributed by atoms with Gasteiger partial charge in [0, 0.05) is 31.7 Å². The van der Waals surface area contributed by atoms with Crippen LogP contribution in [0.1, 0.15) is 12.8 Å². The quantitative estimate of drug-likeness (QED) is 0.777. The van der Waals surface area contributed by atoms with Crippen LogP contribution >= 0.6 is 11.6 Å². The van der Waals surface area contributed by atoms with E-state index >= 15 is 0 Å². The molecule has 0 radical (unpaired) electrons. The Morgan fingerprint density at radius 3 is 2.83 bits per heavy atom. The summed E-state index contributed by atoms with van der Waals surface area (Å²) < 4.78 is 5.28. The van der Waals surface area contributed by atoms with Gasteiger partial charge < -0.3 is 9.64 Å². The van der Waals surface area contributed by atoms with E-state index in [4.69, 9.17) is 16.3 Å². The molecule has 0 aromatic carbocycles. The maximum atomic E-state index is 12.4. The highest BCUT2D eigenvalue weighted by atomic mass is 35.5. The first kappa shape index (κ1) is 13.8. The van der Waals surface area contributed by atoms with Crippen LogP contribution in [0.25, 0.3) is 0 Å². The number of carbonyl (C=O) groups is 1. The van der Waals surface area contributed by atoms with Crippen LogP contribution in [0.4, 0.5) is 0 Å². The third kappa shape index (κ3) is 3.70. The molecule has 2 saturated heterocycles. The molecule has 2 rings (SSSR count). The van der Waals surface area contributed by atoms with E-state index in [0.717, 1.165) is 45.6 Å². The number of piperidine rings is 1. The second-order valence-corrected chi connectivity index (χ2v) is 5.15. The van der Waals surface area contributed by atoms with E-state index in [1.807, 2.05) is 11.0 Å². The highest BCUT2D eigenvalue weighted by molar-refractivity contribution is 6.25. The van der Waals surface area contributed by atoms with Crippen molar-refractivity contribution in [3.63, 3.8) is 0 Å². The SMILES string of the molecule is O=C(C1CCCN(C/C=C/Cl)C1)N1CCOCC1.